The van der Waals surface area contributed by atoms with Crippen LogP contribution in [0.4, 0.5) is 0 Å². The lowest BCUT2D eigenvalue weighted by Crippen LogP contribution is -2.30. The molecule has 0 aliphatic rings. The number of aliphatic hydroxyl groups excluding tert-OH is 1. The number of hydrogen-bond acceptors (Lipinski definition) is 15. The summed E-state index contributed by atoms with van der Waals surface area (Å²) in [7, 11) is -9.90. The predicted octanol–water partition coefficient (Wildman–Crippen LogP) is 21.2. The summed E-state index contributed by atoms with van der Waals surface area (Å²) in [5.74, 6) is -0.715. The van der Waals surface area contributed by atoms with Gasteiger partial charge in [-0.2, -0.15) is 0 Å². The molecule has 3 N–H and O–H groups in total. The number of hydrogen-bond donors (Lipinski definition) is 3. The maximum atomic E-state index is 13.0. The van der Waals surface area contributed by atoms with E-state index in [0.717, 1.165) is 95.8 Å². The van der Waals surface area contributed by atoms with Crippen LogP contribution in [0.1, 0.15) is 375 Å². The van der Waals surface area contributed by atoms with Crippen LogP contribution in [0, 0.1) is 11.8 Å². The average molecular weight is 1350 g/mol. The SMILES string of the molecule is CCCCCCCCCCCCCCCCCCCCCCCCC(=O)O[C@H](COC(=O)CCCCCCCCCCCC(C)C)COP(=O)(O)OC[C@@H](O)COP(=O)(O)OC[C@@H](COC(=O)CCCCCCCCCCC)OC(=O)CCCCCCCCC(C)C. The maximum Gasteiger partial charge on any atom is 0.472 e. The van der Waals surface area contributed by atoms with Gasteiger partial charge < -0.3 is 33.8 Å². The molecule has 17 nitrogen and oxygen atoms in total. The minimum absolute atomic E-state index is 0.102. The van der Waals surface area contributed by atoms with Crippen LogP contribution in [0.5, 0.6) is 0 Å². The monoisotopic (exact) mass is 1350 g/mol. The number of rotatable bonds is 72. The first-order chi connectivity index (χ1) is 44.4. The van der Waals surface area contributed by atoms with Gasteiger partial charge in [-0.25, -0.2) is 9.13 Å². The van der Waals surface area contributed by atoms with Crippen molar-refractivity contribution < 1.29 is 80.2 Å². The molecule has 0 saturated heterocycles. The quantitative estimate of drug-likeness (QED) is 0.0222. The van der Waals surface area contributed by atoms with Gasteiger partial charge in [0.15, 0.2) is 12.2 Å². The summed E-state index contributed by atoms with van der Waals surface area (Å²) >= 11 is 0. The molecule has 92 heavy (non-hydrogen) atoms. The number of ether oxygens (including phenoxy) is 4. The molecule has 0 heterocycles. The molecule has 546 valence electrons. The molecule has 0 aromatic heterocycles. The topological polar surface area (TPSA) is 237 Å². The van der Waals surface area contributed by atoms with E-state index in [9.17, 15) is 43.2 Å². The molecule has 0 amide bonds. The van der Waals surface area contributed by atoms with Gasteiger partial charge in [-0.05, 0) is 37.5 Å². The van der Waals surface area contributed by atoms with E-state index < -0.39 is 97.5 Å². The van der Waals surface area contributed by atoms with Gasteiger partial charge in [-0.3, -0.25) is 37.3 Å². The molecule has 0 aliphatic carbocycles. The number of carbonyl (C=O) groups excluding carboxylic acids is 4. The van der Waals surface area contributed by atoms with Crippen molar-refractivity contribution in [3.8, 4) is 0 Å². The van der Waals surface area contributed by atoms with Gasteiger partial charge in [0.1, 0.15) is 19.3 Å². The summed E-state index contributed by atoms with van der Waals surface area (Å²) in [6.07, 6.45) is 51.8. The summed E-state index contributed by atoms with van der Waals surface area (Å²) in [4.78, 5) is 72.5. The molecule has 0 aromatic rings. The highest BCUT2D eigenvalue weighted by atomic mass is 31.2. The van der Waals surface area contributed by atoms with Crippen LogP contribution < -0.4 is 0 Å². The number of unbranched alkanes of at least 4 members (excludes halogenated alkanes) is 42. The first kappa shape index (κ1) is 90.1. The van der Waals surface area contributed by atoms with Crippen molar-refractivity contribution >= 4 is 39.5 Å². The molecule has 0 fully saturated rings. The van der Waals surface area contributed by atoms with E-state index in [0.29, 0.717) is 31.6 Å². The molecule has 0 bridgehead atoms. The van der Waals surface area contributed by atoms with Gasteiger partial charge in [0.2, 0.25) is 0 Å². The molecular weight excluding hydrogens is 1210 g/mol. The third-order valence-corrected chi connectivity index (χ3v) is 18.9. The second-order valence-electron chi connectivity index (χ2n) is 27.3. The van der Waals surface area contributed by atoms with Crippen LogP contribution in [0.3, 0.4) is 0 Å². The summed E-state index contributed by atoms with van der Waals surface area (Å²) in [6, 6.07) is 0. The number of phosphoric acid groups is 2. The molecule has 0 rings (SSSR count). The van der Waals surface area contributed by atoms with E-state index in [1.54, 1.807) is 0 Å². The molecular formula is C73H142O17P2. The Morgan fingerprint density at radius 1 is 0.293 bits per heavy atom. The lowest BCUT2D eigenvalue weighted by atomic mass is 10.0. The molecule has 0 radical (unpaired) electrons. The maximum absolute atomic E-state index is 13.0. The van der Waals surface area contributed by atoms with Crippen LogP contribution >= 0.6 is 15.6 Å². The summed E-state index contributed by atoms with van der Waals surface area (Å²) in [5, 5.41) is 10.6. The van der Waals surface area contributed by atoms with Crippen molar-refractivity contribution in [2.24, 2.45) is 11.8 Å². The van der Waals surface area contributed by atoms with E-state index in [4.69, 9.17) is 37.0 Å². The lowest BCUT2D eigenvalue weighted by Gasteiger charge is -2.21. The van der Waals surface area contributed by atoms with Crippen LogP contribution in [0.25, 0.3) is 0 Å². The Bertz CT molecular complexity index is 1790. The van der Waals surface area contributed by atoms with E-state index in [1.807, 2.05) is 0 Å². The molecule has 0 saturated carbocycles. The van der Waals surface area contributed by atoms with E-state index >= 15 is 0 Å². The van der Waals surface area contributed by atoms with Crippen molar-refractivity contribution in [3.05, 3.63) is 0 Å². The number of carbonyl (C=O) groups is 4. The Morgan fingerprint density at radius 3 is 0.739 bits per heavy atom. The minimum Gasteiger partial charge on any atom is -0.462 e. The summed E-state index contributed by atoms with van der Waals surface area (Å²) in [5.41, 5.74) is 0. The fourth-order valence-corrected chi connectivity index (χ4v) is 12.7. The predicted molar refractivity (Wildman–Crippen MR) is 372 cm³/mol. The van der Waals surface area contributed by atoms with Crippen LogP contribution in [-0.2, 0) is 65.4 Å². The van der Waals surface area contributed by atoms with Crippen molar-refractivity contribution in [2.45, 2.75) is 394 Å². The lowest BCUT2D eigenvalue weighted by molar-refractivity contribution is -0.161. The van der Waals surface area contributed by atoms with Gasteiger partial charge in [-0.15, -0.1) is 0 Å². The standard InChI is InChI=1S/C73H142O17P2/c1-7-9-11-13-15-17-18-19-20-21-22-23-24-25-26-27-28-29-33-38-45-51-57-72(77)89-68(61-84-71(76)56-50-44-37-34-30-32-35-41-47-53-65(3)4)63-87-91(79,80)85-59-67(74)60-86-92(81,82)88-64-69(90-73(78)58-52-46-40-39-42-48-54-66(5)6)62-83-70(75)55-49-43-36-31-16-14-12-10-8-2/h65-69,74H,7-64H2,1-6H3,(H,79,80)(H,81,82)/t67-,68-,69-/m1/s1. The second-order valence-corrected chi connectivity index (χ2v) is 30.2. The molecule has 19 heteroatoms. The highest BCUT2D eigenvalue weighted by molar-refractivity contribution is 7.47. The smallest absolute Gasteiger partial charge is 0.462 e. The Hall–Kier alpha value is -1.94. The largest absolute Gasteiger partial charge is 0.472 e. The van der Waals surface area contributed by atoms with Gasteiger partial charge >= 0.3 is 39.5 Å². The van der Waals surface area contributed by atoms with E-state index in [-0.39, 0.29) is 25.7 Å². The third kappa shape index (κ3) is 66.7. The third-order valence-electron chi connectivity index (χ3n) is 17.0. The fourth-order valence-electron chi connectivity index (χ4n) is 11.1. The van der Waals surface area contributed by atoms with E-state index in [2.05, 4.69) is 41.5 Å². The zero-order valence-corrected chi connectivity index (χ0v) is 61.6. The average Bonchev–Trinajstić information content (AvgIpc) is 1.43. The Labute approximate surface area is 562 Å². The summed E-state index contributed by atoms with van der Waals surface area (Å²) < 4.78 is 68.3. The highest BCUT2D eigenvalue weighted by Gasteiger charge is 2.30. The first-order valence-electron chi connectivity index (χ1n) is 38.0. The van der Waals surface area contributed by atoms with E-state index in [1.165, 1.54) is 193 Å². The van der Waals surface area contributed by atoms with Crippen molar-refractivity contribution in [2.75, 3.05) is 39.6 Å². The number of aliphatic hydroxyl groups is 1. The molecule has 5 atom stereocenters. The van der Waals surface area contributed by atoms with Crippen LogP contribution in [-0.4, -0.2) is 96.7 Å². The number of esters is 4. The van der Waals surface area contributed by atoms with Crippen LogP contribution in [0.2, 0.25) is 0 Å². The van der Waals surface area contributed by atoms with Gasteiger partial charge in [0.05, 0.1) is 26.4 Å². The zero-order valence-electron chi connectivity index (χ0n) is 59.9. The molecule has 0 aromatic carbocycles. The van der Waals surface area contributed by atoms with Crippen molar-refractivity contribution in [1.29, 1.82) is 0 Å². The normalized spacial score (nSPS) is 14.1. The number of phosphoric ester groups is 2. The highest BCUT2D eigenvalue weighted by Crippen LogP contribution is 2.45. The van der Waals surface area contributed by atoms with Crippen molar-refractivity contribution in [3.63, 3.8) is 0 Å². The zero-order chi connectivity index (χ0) is 67.9. The second kappa shape index (κ2) is 65.0. The Balaban J connectivity index is 5.13. The fraction of sp³-hybridized carbons (Fsp3) is 0.945. The molecule has 0 spiro atoms. The molecule has 2 unspecified atom stereocenters. The molecule has 0 aliphatic heterocycles. The minimum atomic E-state index is -4.95. The van der Waals surface area contributed by atoms with Crippen molar-refractivity contribution in [1.82, 2.24) is 0 Å². The van der Waals surface area contributed by atoms with Gasteiger partial charge in [0, 0.05) is 25.7 Å². The Kier molecular flexibility index (Phi) is 63.7. The van der Waals surface area contributed by atoms with Gasteiger partial charge in [0.25, 0.3) is 0 Å². The first-order valence-corrected chi connectivity index (χ1v) is 41.0. The Morgan fingerprint density at radius 2 is 0.500 bits per heavy atom. The van der Waals surface area contributed by atoms with Crippen LogP contribution in [0.15, 0.2) is 0 Å². The van der Waals surface area contributed by atoms with Gasteiger partial charge in [-0.1, -0.05) is 324 Å². The summed E-state index contributed by atoms with van der Waals surface area (Å²) in [6.45, 7) is 9.43.